The van der Waals surface area contributed by atoms with Gasteiger partial charge >= 0.3 is 0 Å². The number of primary amides is 1. The minimum absolute atomic E-state index is 0.340. The number of amides is 1. The Bertz CT molecular complexity index is 467. The molecule has 0 atom stereocenters. The number of carbonyl (C=O) groups excluding carboxylic acids is 1. The van der Waals surface area contributed by atoms with Gasteiger partial charge in [-0.05, 0) is 50.3 Å². The van der Waals surface area contributed by atoms with Crippen molar-refractivity contribution in [3.63, 3.8) is 0 Å². The van der Waals surface area contributed by atoms with Crippen LogP contribution < -0.4 is 11.5 Å². The first-order valence-corrected chi connectivity index (χ1v) is 7.99. The second-order valence-electron chi connectivity index (χ2n) is 6.06. The van der Waals surface area contributed by atoms with Crippen LogP contribution in [0.1, 0.15) is 54.9 Å². The van der Waals surface area contributed by atoms with Gasteiger partial charge in [-0.1, -0.05) is 25.1 Å². The third kappa shape index (κ3) is 4.29. The van der Waals surface area contributed by atoms with Crippen molar-refractivity contribution < 1.29 is 4.79 Å². The van der Waals surface area contributed by atoms with E-state index in [-0.39, 0.29) is 5.91 Å². The van der Waals surface area contributed by atoms with Gasteiger partial charge in [0.2, 0.25) is 5.91 Å². The lowest BCUT2D eigenvalue weighted by Gasteiger charge is -2.36. The van der Waals surface area contributed by atoms with E-state index >= 15 is 0 Å². The van der Waals surface area contributed by atoms with Gasteiger partial charge in [-0.2, -0.15) is 0 Å². The molecule has 0 unspecified atom stereocenters. The first-order chi connectivity index (χ1) is 10.1. The minimum Gasteiger partial charge on any atom is -0.366 e. The van der Waals surface area contributed by atoms with Crippen molar-refractivity contribution in [3.05, 3.63) is 35.4 Å². The van der Waals surface area contributed by atoms with Crippen molar-refractivity contribution in [1.29, 1.82) is 0 Å². The van der Waals surface area contributed by atoms with Gasteiger partial charge in [0, 0.05) is 24.2 Å². The Morgan fingerprint density at radius 2 is 1.90 bits per heavy atom. The van der Waals surface area contributed by atoms with Gasteiger partial charge in [-0.3, -0.25) is 9.69 Å². The van der Waals surface area contributed by atoms with Crippen LogP contribution in [0.4, 0.5) is 0 Å². The number of benzene rings is 1. The highest BCUT2D eigenvalue weighted by Gasteiger charge is 2.24. The normalized spacial score (nSPS) is 22.4. The van der Waals surface area contributed by atoms with Gasteiger partial charge < -0.3 is 11.5 Å². The van der Waals surface area contributed by atoms with E-state index in [0.29, 0.717) is 17.6 Å². The van der Waals surface area contributed by atoms with Crippen LogP contribution in [0.3, 0.4) is 0 Å². The lowest BCUT2D eigenvalue weighted by Crippen LogP contribution is -2.41. The zero-order valence-electron chi connectivity index (χ0n) is 12.9. The van der Waals surface area contributed by atoms with Crippen LogP contribution in [0, 0.1) is 0 Å². The van der Waals surface area contributed by atoms with Gasteiger partial charge in [0.25, 0.3) is 0 Å². The molecule has 1 aliphatic carbocycles. The lowest BCUT2D eigenvalue weighted by molar-refractivity contribution is 0.0995. The summed E-state index contributed by atoms with van der Waals surface area (Å²) in [5.74, 6) is -0.340. The van der Waals surface area contributed by atoms with Crippen LogP contribution in [0.2, 0.25) is 0 Å². The lowest BCUT2D eigenvalue weighted by atomic mass is 9.90. The molecule has 4 N–H and O–H groups in total. The molecule has 2 rings (SSSR count). The highest BCUT2D eigenvalue weighted by molar-refractivity contribution is 5.94. The summed E-state index contributed by atoms with van der Waals surface area (Å²) >= 11 is 0. The number of rotatable bonds is 6. The molecule has 0 saturated heterocycles. The summed E-state index contributed by atoms with van der Waals surface area (Å²) in [5, 5.41) is 0. The summed E-state index contributed by atoms with van der Waals surface area (Å²) in [6.07, 6.45) is 5.62. The zero-order valence-corrected chi connectivity index (χ0v) is 12.9. The van der Waals surface area contributed by atoms with Crippen molar-refractivity contribution in [3.8, 4) is 0 Å². The van der Waals surface area contributed by atoms with Crippen molar-refractivity contribution in [2.45, 2.75) is 57.7 Å². The molecule has 0 bridgehead atoms. The molecule has 21 heavy (non-hydrogen) atoms. The molecule has 0 aromatic heterocycles. The molecule has 4 nitrogen and oxygen atoms in total. The van der Waals surface area contributed by atoms with Crippen LogP contribution in [0.25, 0.3) is 0 Å². The molecule has 0 spiro atoms. The van der Waals surface area contributed by atoms with Crippen LogP contribution in [0.15, 0.2) is 24.3 Å². The quantitative estimate of drug-likeness (QED) is 0.844. The highest BCUT2D eigenvalue weighted by Crippen LogP contribution is 2.24. The third-order valence-corrected chi connectivity index (χ3v) is 4.42. The largest absolute Gasteiger partial charge is 0.366 e. The van der Waals surface area contributed by atoms with E-state index in [1.54, 1.807) is 0 Å². The maximum absolute atomic E-state index is 11.6. The van der Waals surface area contributed by atoms with Gasteiger partial charge in [0.05, 0.1) is 0 Å². The van der Waals surface area contributed by atoms with Crippen LogP contribution in [0.5, 0.6) is 0 Å². The predicted octanol–water partition coefficient (Wildman–Crippen LogP) is 2.27. The molecular weight excluding hydrogens is 262 g/mol. The van der Waals surface area contributed by atoms with Gasteiger partial charge in [-0.15, -0.1) is 0 Å². The van der Waals surface area contributed by atoms with Gasteiger partial charge in [-0.25, -0.2) is 0 Å². The highest BCUT2D eigenvalue weighted by atomic mass is 16.1. The Hall–Kier alpha value is -1.39. The minimum atomic E-state index is -0.340. The van der Waals surface area contributed by atoms with Crippen LogP contribution in [-0.4, -0.2) is 29.4 Å². The zero-order chi connectivity index (χ0) is 15.2. The Kier molecular flexibility index (Phi) is 5.76. The molecule has 1 aromatic carbocycles. The average molecular weight is 289 g/mol. The van der Waals surface area contributed by atoms with E-state index in [9.17, 15) is 4.79 Å². The van der Waals surface area contributed by atoms with E-state index in [2.05, 4.69) is 11.8 Å². The second kappa shape index (κ2) is 7.57. The second-order valence-corrected chi connectivity index (χ2v) is 6.06. The Morgan fingerprint density at radius 1 is 1.24 bits per heavy atom. The van der Waals surface area contributed by atoms with E-state index < -0.39 is 0 Å². The summed E-state index contributed by atoms with van der Waals surface area (Å²) in [6.45, 7) is 4.04. The Labute approximate surface area is 127 Å². The van der Waals surface area contributed by atoms with Gasteiger partial charge in [0.1, 0.15) is 0 Å². The Balaban J connectivity index is 2.11. The van der Waals surface area contributed by atoms with Crippen LogP contribution in [-0.2, 0) is 6.54 Å². The molecular formula is C17H27N3O. The first kappa shape index (κ1) is 16.0. The topological polar surface area (TPSA) is 72.3 Å². The smallest absolute Gasteiger partial charge is 0.249 e. The molecule has 1 fully saturated rings. The first-order valence-electron chi connectivity index (χ1n) is 7.99. The molecule has 0 heterocycles. The molecule has 1 amide bonds. The Morgan fingerprint density at radius 3 is 2.52 bits per heavy atom. The van der Waals surface area contributed by atoms with E-state index in [1.165, 1.54) is 0 Å². The maximum atomic E-state index is 11.6. The number of carbonyl (C=O) groups is 1. The standard InChI is InChI=1S/C17H27N3O/c1-2-11-20(15-9-7-14(18)8-10-15)12-13-5-3-4-6-16(13)17(19)21/h3-6,14-15H,2,7-12,18H2,1H3,(H2,19,21). The third-order valence-electron chi connectivity index (χ3n) is 4.42. The SMILES string of the molecule is CCCN(Cc1ccccc1C(N)=O)C1CCC(N)CC1. The molecule has 116 valence electrons. The maximum Gasteiger partial charge on any atom is 0.249 e. The molecule has 1 saturated carbocycles. The van der Waals surface area contributed by atoms with E-state index in [0.717, 1.165) is 50.8 Å². The monoisotopic (exact) mass is 289 g/mol. The van der Waals surface area contributed by atoms with E-state index in [1.807, 2.05) is 24.3 Å². The predicted molar refractivity (Wildman–Crippen MR) is 85.9 cm³/mol. The molecule has 0 radical (unpaired) electrons. The van der Waals surface area contributed by atoms with Crippen molar-refractivity contribution >= 4 is 5.91 Å². The van der Waals surface area contributed by atoms with Crippen molar-refractivity contribution in [2.24, 2.45) is 11.5 Å². The van der Waals surface area contributed by atoms with Crippen LogP contribution >= 0.6 is 0 Å². The summed E-state index contributed by atoms with van der Waals surface area (Å²) < 4.78 is 0. The van der Waals surface area contributed by atoms with Gasteiger partial charge in [0.15, 0.2) is 0 Å². The summed E-state index contributed by atoms with van der Waals surface area (Å²) in [5.41, 5.74) is 13.2. The molecule has 0 aliphatic heterocycles. The fourth-order valence-electron chi connectivity index (χ4n) is 3.26. The number of hydrogen-bond acceptors (Lipinski definition) is 3. The number of nitrogens with two attached hydrogens (primary N) is 2. The molecule has 1 aromatic rings. The fourth-order valence-corrected chi connectivity index (χ4v) is 3.26. The summed E-state index contributed by atoms with van der Waals surface area (Å²) in [6, 6.07) is 8.61. The molecule has 1 aliphatic rings. The number of nitrogens with zero attached hydrogens (tertiary/aromatic N) is 1. The van der Waals surface area contributed by atoms with E-state index in [4.69, 9.17) is 11.5 Å². The molecule has 4 heteroatoms. The average Bonchev–Trinajstić information content (AvgIpc) is 2.48. The summed E-state index contributed by atoms with van der Waals surface area (Å²) in [7, 11) is 0. The summed E-state index contributed by atoms with van der Waals surface area (Å²) in [4.78, 5) is 14.1. The van der Waals surface area contributed by atoms with Crippen molar-refractivity contribution in [1.82, 2.24) is 4.90 Å². The fraction of sp³-hybridized carbons (Fsp3) is 0.588. The number of hydrogen-bond donors (Lipinski definition) is 2. The van der Waals surface area contributed by atoms with Crippen molar-refractivity contribution in [2.75, 3.05) is 6.54 Å².